The molecule has 2 heterocycles. The molecule has 0 aliphatic carbocycles. The molecule has 0 unspecified atom stereocenters. The van der Waals surface area contributed by atoms with E-state index in [2.05, 4.69) is 10.3 Å². The van der Waals surface area contributed by atoms with Crippen LogP contribution in [0.4, 0.5) is 11.4 Å². The summed E-state index contributed by atoms with van der Waals surface area (Å²) in [6, 6.07) is 7.59. The normalized spacial score (nSPS) is 18.1. The van der Waals surface area contributed by atoms with Crippen LogP contribution < -0.4 is 11.1 Å². The van der Waals surface area contributed by atoms with Gasteiger partial charge in [0.2, 0.25) is 0 Å². The van der Waals surface area contributed by atoms with E-state index < -0.39 is 5.60 Å². The number of aliphatic hydroxyl groups is 1. The van der Waals surface area contributed by atoms with Crippen molar-refractivity contribution in [3.8, 4) is 0 Å². The number of rotatable bonds is 3. The first kappa shape index (κ1) is 13.1. The van der Waals surface area contributed by atoms with Gasteiger partial charge in [-0.15, -0.1) is 0 Å². The number of nitrogens with one attached hydrogen (secondary N) is 1. The lowest BCUT2D eigenvalue weighted by Gasteiger charge is -2.32. The van der Waals surface area contributed by atoms with E-state index in [1.165, 1.54) is 0 Å². The van der Waals surface area contributed by atoms with Gasteiger partial charge in [-0.1, -0.05) is 0 Å². The highest BCUT2D eigenvalue weighted by Crippen LogP contribution is 2.28. The predicted octanol–water partition coefficient (Wildman–Crippen LogP) is 1.77. The van der Waals surface area contributed by atoms with E-state index in [1.54, 1.807) is 6.20 Å². The van der Waals surface area contributed by atoms with E-state index in [4.69, 9.17) is 10.5 Å². The van der Waals surface area contributed by atoms with Crippen LogP contribution in [0.1, 0.15) is 12.8 Å². The number of nitrogen functional groups attached to an aromatic ring is 1. The maximum absolute atomic E-state index is 10.5. The minimum absolute atomic E-state index is 0.492. The number of hydrogen-bond acceptors (Lipinski definition) is 5. The van der Waals surface area contributed by atoms with Gasteiger partial charge in [-0.3, -0.25) is 4.98 Å². The highest BCUT2D eigenvalue weighted by molar-refractivity contribution is 5.98. The van der Waals surface area contributed by atoms with Crippen LogP contribution >= 0.6 is 0 Å². The fourth-order valence-corrected chi connectivity index (χ4v) is 2.53. The molecule has 20 heavy (non-hydrogen) atoms. The van der Waals surface area contributed by atoms with E-state index in [0.29, 0.717) is 38.3 Å². The molecule has 1 aliphatic heterocycles. The molecule has 0 amide bonds. The zero-order chi connectivity index (χ0) is 14.0. The first-order valence-electron chi connectivity index (χ1n) is 6.85. The molecule has 1 aliphatic rings. The Morgan fingerprint density at radius 3 is 2.90 bits per heavy atom. The Morgan fingerprint density at radius 2 is 2.10 bits per heavy atom. The second-order valence-corrected chi connectivity index (χ2v) is 5.29. The van der Waals surface area contributed by atoms with Gasteiger partial charge in [0.15, 0.2) is 0 Å². The fourth-order valence-electron chi connectivity index (χ4n) is 2.53. The summed E-state index contributed by atoms with van der Waals surface area (Å²) in [5.41, 5.74) is 7.69. The Bertz CT molecular complexity index is 609. The molecule has 4 N–H and O–H groups in total. The van der Waals surface area contributed by atoms with Crippen LogP contribution in [-0.2, 0) is 4.74 Å². The highest BCUT2D eigenvalue weighted by Gasteiger charge is 2.29. The quantitative estimate of drug-likeness (QED) is 0.743. The van der Waals surface area contributed by atoms with Crippen LogP contribution in [0.2, 0.25) is 0 Å². The van der Waals surface area contributed by atoms with Crippen molar-refractivity contribution in [3.05, 3.63) is 30.5 Å². The smallest absolute Gasteiger partial charge is 0.0953 e. The van der Waals surface area contributed by atoms with Crippen molar-refractivity contribution in [2.24, 2.45) is 0 Å². The Hall–Kier alpha value is -1.85. The van der Waals surface area contributed by atoms with Crippen molar-refractivity contribution in [3.63, 3.8) is 0 Å². The van der Waals surface area contributed by atoms with Crippen LogP contribution in [0, 0.1) is 0 Å². The van der Waals surface area contributed by atoms with Crippen LogP contribution in [0.15, 0.2) is 30.5 Å². The third-order valence-electron chi connectivity index (χ3n) is 3.83. The molecular weight excluding hydrogens is 254 g/mol. The molecule has 1 aromatic carbocycles. The minimum Gasteiger partial charge on any atom is -0.398 e. The maximum Gasteiger partial charge on any atom is 0.0953 e. The first-order chi connectivity index (χ1) is 9.68. The lowest BCUT2D eigenvalue weighted by Crippen LogP contribution is -2.42. The lowest BCUT2D eigenvalue weighted by atomic mass is 9.94. The van der Waals surface area contributed by atoms with Gasteiger partial charge in [0, 0.05) is 49.9 Å². The van der Waals surface area contributed by atoms with Crippen molar-refractivity contribution < 1.29 is 9.84 Å². The summed E-state index contributed by atoms with van der Waals surface area (Å²) in [7, 11) is 0. The molecule has 0 spiro atoms. The van der Waals surface area contributed by atoms with Crippen LogP contribution in [0.25, 0.3) is 10.9 Å². The number of nitrogens with two attached hydrogens (primary N) is 1. The number of hydrogen-bond donors (Lipinski definition) is 3. The second kappa shape index (κ2) is 5.26. The zero-order valence-corrected chi connectivity index (χ0v) is 11.3. The van der Waals surface area contributed by atoms with E-state index in [-0.39, 0.29) is 0 Å². The molecule has 5 nitrogen and oxygen atoms in total. The van der Waals surface area contributed by atoms with Gasteiger partial charge in [-0.05, 0) is 24.3 Å². The number of ether oxygens (including phenoxy) is 1. The summed E-state index contributed by atoms with van der Waals surface area (Å²) >= 11 is 0. The molecule has 0 saturated carbocycles. The first-order valence-corrected chi connectivity index (χ1v) is 6.85. The summed E-state index contributed by atoms with van der Waals surface area (Å²) in [4.78, 5) is 4.38. The number of benzene rings is 1. The van der Waals surface area contributed by atoms with Gasteiger partial charge < -0.3 is 20.9 Å². The summed E-state index contributed by atoms with van der Waals surface area (Å²) in [5, 5.41) is 14.7. The number of aromatic nitrogens is 1. The minimum atomic E-state index is -0.708. The average Bonchev–Trinajstić information content (AvgIpc) is 2.48. The van der Waals surface area contributed by atoms with Crippen LogP contribution in [0.5, 0.6) is 0 Å². The van der Waals surface area contributed by atoms with Gasteiger partial charge in [-0.2, -0.15) is 0 Å². The molecular formula is C15H19N3O2. The van der Waals surface area contributed by atoms with Gasteiger partial charge in [-0.25, -0.2) is 0 Å². The molecule has 0 bridgehead atoms. The van der Waals surface area contributed by atoms with E-state index >= 15 is 0 Å². The monoisotopic (exact) mass is 273 g/mol. The van der Waals surface area contributed by atoms with Crippen molar-refractivity contribution in [2.75, 3.05) is 30.8 Å². The van der Waals surface area contributed by atoms with Crippen molar-refractivity contribution in [1.82, 2.24) is 4.98 Å². The molecule has 1 fully saturated rings. The number of nitrogens with zero attached hydrogens (tertiary/aromatic N) is 1. The predicted molar refractivity (Wildman–Crippen MR) is 79.6 cm³/mol. The Kier molecular flexibility index (Phi) is 3.46. The third-order valence-corrected chi connectivity index (χ3v) is 3.83. The van der Waals surface area contributed by atoms with Gasteiger partial charge in [0.05, 0.1) is 16.8 Å². The largest absolute Gasteiger partial charge is 0.398 e. The standard InChI is InChI=1S/C15H19N3O2/c16-12-3-4-13(14-11(12)2-1-7-17-14)18-10-15(19)5-8-20-9-6-15/h1-4,7,18-19H,5-6,8-10,16H2. The van der Waals surface area contributed by atoms with Gasteiger partial charge in [0.25, 0.3) is 0 Å². The molecule has 1 aromatic heterocycles. The van der Waals surface area contributed by atoms with Gasteiger partial charge >= 0.3 is 0 Å². The maximum atomic E-state index is 10.5. The summed E-state index contributed by atoms with van der Waals surface area (Å²) in [6.45, 7) is 1.71. The van der Waals surface area contributed by atoms with Gasteiger partial charge in [0.1, 0.15) is 0 Å². The van der Waals surface area contributed by atoms with Crippen molar-refractivity contribution in [1.29, 1.82) is 0 Å². The topological polar surface area (TPSA) is 80.4 Å². The Morgan fingerprint density at radius 1 is 1.30 bits per heavy atom. The summed E-state index contributed by atoms with van der Waals surface area (Å²) in [6.07, 6.45) is 3.05. The fraction of sp³-hybridized carbons (Fsp3) is 0.400. The molecule has 5 heteroatoms. The van der Waals surface area contributed by atoms with E-state index in [1.807, 2.05) is 24.3 Å². The number of fused-ring (bicyclic) bond motifs is 1. The SMILES string of the molecule is Nc1ccc(NCC2(O)CCOCC2)c2ncccc12. The highest BCUT2D eigenvalue weighted by atomic mass is 16.5. The van der Waals surface area contributed by atoms with E-state index in [9.17, 15) is 5.11 Å². The number of pyridine rings is 1. The van der Waals surface area contributed by atoms with E-state index in [0.717, 1.165) is 16.6 Å². The number of anilines is 2. The van der Waals surface area contributed by atoms with Crippen LogP contribution in [-0.4, -0.2) is 35.5 Å². The Labute approximate surface area is 117 Å². The lowest BCUT2D eigenvalue weighted by molar-refractivity contribution is -0.0543. The van der Waals surface area contributed by atoms with Crippen molar-refractivity contribution >= 4 is 22.3 Å². The van der Waals surface area contributed by atoms with Crippen LogP contribution in [0.3, 0.4) is 0 Å². The second-order valence-electron chi connectivity index (χ2n) is 5.29. The third kappa shape index (κ3) is 2.55. The molecule has 3 rings (SSSR count). The summed E-state index contributed by atoms with van der Waals surface area (Å²) < 4.78 is 5.29. The molecule has 1 saturated heterocycles. The Balaban J connectivity index is 1.82. The average molecular weight is 273 g/mol. The van der Waals surface area contributed by atoms with Crippen molar-refractivity contribution in [2.45, 2.75) is 18.4 Å². The molecule has 0 atom stereocenters. The summed E-state index contributed by atoms with van der Waals surface area (Å²) in [5.74, 6) is 0. The molecule has 2 aromatic rings. The molecule has 0 radical (unpaired) electrons. The molecule has 106 valence electrons. The zero-order valence-electron chi connectivity index (χ0n) is 11.3.